The summed E-state index contributed by atoms with van der Waals surface area (Å²) >= 11 is 0. The first-order valence-electron chi connectivity index (χ1n) is 10.5. The zero-order valence-corrected chi connectivity index (χ0v) is 17.4. The van der Waals surface area contributed by atoms with Crippen LogP contribution in [0.4, 0.5) is 5.69 Å². The number of hydrogen-bond donors (Lipinski definition) is 1. The molecule has 4 aromatic rings. The molecule has 1 N–H and O–H groups in total. The predicted octanol–water partition coefficient (Wildman–Crippen LogP) is 3.92. The molecule has 0 aliphatic carbocycles. The Morgan fingerprint density at radius 2 is 1.80 bits per heavy atom. The highest BCUT2D eigenvalue weighted by molar-refractivity contribution is 5.81. The van der Waals surface area contributed by atoms with E-state index in [0.29, 0.717) is 0 Å². The van der Waals surface area contributed by atoms with E-state index in [2.05, 4.69) is 75.4 Å². The molecule has 1 aliphatic rings. The van der Waals surface area contributed by atoms with Crippen LogP contribution in [-0.4, -0.2) is 58.3 Å². The summed E-state index contributed by atoms with van der Waals surface area (Å²) in [5, 5.41) is 6.92. The molecule has 2 aromatic heterocycles. The molecule has 0 radical (unpaired) electrons. The van der Waals surface area contributed by atoms with Crippen molar-refractivity contribution < 1.29 is 0 Å². The van der Waals surface area contributed by atoms with Gasteiger partial charge in [-0.25, -0.2) is 4.98 Å². The van der Waals surface area contributed by atoms with E-state index in [-0.39, 0.29) is 5.92 Å². The Morgan fingerprint density at radius 1 is 0.933 bits per heavy atom. The first-order valence-corrected chi connectivity index (χ1v) is 10.5. The lowest BCUT2D eigenvalue weighted by molar-refractivity contribution is 0.313. The lowest BCUT2D eigenvalue weighted by Crippen LogP contribution is -2.44. The minimum atomic E-state index is 0.173. The maximum Gasteiger partial charge on any atom is 0.0896 e. The van der Waals surface area contributed by atoms with Crippen molar-refractivity contribution in [3.05, 3.63) is 72.3 Å². The molecule has 0 amide bonds. The summed E-state index contributed by atoms with van der Waals surface area (Å²) < 4.78 is 0. The maximum atomic E-state index is 4.96. The molecule has 1 fully saturated rings. The second-order valence-electron chi connectivity index (χ2n) is 8.09. The van der Waals surface area contributed by atoms with Crippen LogP contribution in [0.5, 0.6) is 0 Å². The van der Waals surface area contributed by atoms with Gasteiger partial charge < -0.3 is 9.80 Å². The highest BCUT2D eigenvalue weighted by Crippen LogP contribution is 2.28. The molecule has 1 aliphatic heterocycles. The quantitative estimate of drug-likeness (QED) is 0.565. The molecule has 2 aromatic carbocycles. The predicted molar refractivity (Wildman–Crippen MR) is 121 cm³/mol. The van der Waals surface area contributed by atoms with Crippen molar-refractivity contribution in [3.63, 3.8) is 0 Å². The molecule has 0 saturated carbocycles. The number of likely N-dealkylation sites (N-methyl/N-ethyl adjacent to an activating group) is 1. The van der Waals surface area contributed by atoms with Gasteiger partial charge in [-0.3, -0.25) is 10.1 Å². The van der Waals surface area contributed by atoms with Crippen LogP contribution >= 0.6 is 0 Å². The van der Waals surface area contributed by atoms with Crippen molar-refractivity contribution in [2.75, 3.05) is 38.1 Å². The van der Waals surface area contributed by atoms with Gasteiger partial charge in [-0.2, -0.15) is 5.10 Å². The lowest BCUT2D eigenvalue weighted by Gasteiger charge is -2.34. The molecule has 1 atom stereocenters. The van der Waals surface area contributed by atoms with Crippen molar-refractivity contribution in [1.29, 1.82) is 0 Å². The van der Waals surface area contributed by atoms with Gasteiger partial charge in [-0.05, 0) is 42.4 Å². The number of hydrogen-bond acceptors (Lipinski definition) is 5. The Hall–Kier alpha value is -3.25. The second kappa shape index (κ2) is 7.88. The standard InChI is InChI=1S/C24H26N6/c1-17(18-4-3-5-21(12-18)30-10-8-29(2)9-11-30)24-16-25-22-7-6-19(13-23(22)28-24)20-14-26-27-15-20/h3-7,12-17H,8-11H2,1-2H3,(H,26,27)/t17-/m1/s1. The maximum absolute atomic E-state index is 4.96. The minimum Gasteiger partial charge on any atom is -0.369 e. The fourth-order valence-electron chi connectivity index (χ4n) is 4.05. The van der Waals surface area contributed by atoms with Crippen molar-refractivity contribution in [2.45, 2.75) is 12.8 Å². The van der Waals surface area contributed by atoms with Crippen LogP contribution in [0.15, 0.2) is 61.1 Å². The largest absolute Gasteiger partial charge is 0.369 e. The Bertz CT molecular complexity index is 1150. The highest BCUT2D eigenvalue weighted by Gasteiger charge is 2.17. The summed E-state index contributed by atoms with van der Waals surface area (Å²) in [6.07, 6.45) is 5.63. The van der Waals surface area contributed by atoms with E-state index in [0.717, 1.165) is 54.0 Å². The Kier molecular flexibility index (Phi) is 4.93. The Labute approximate surface area is 176 Å². The third-order valence-electron chi connectivity index (χ3n) is 6.07. The number of nitrogens with one attached hydrogen (secondary N) is 1. The molecule has 5 rings (SSSR count). The molecule has 0 spiro atoms. The van der Waals surface area contributed by atoms with Crippen LogP contribution in [-0.2, 0) is 0 Å². The smallest absolute Gasteiger partial charge is 0.0896 e. The lowest BCUT2D eigenvalue weighted by atomic mass is 9.97. The van der Waals surface area contributed by atoms with Crippen molar-refractivity contribution in [2.24, 2.45) is 0 Å². The molecule has 30 heavy (non-hydrogen) atoms. The van der Waals surface area contributed by atoms with E-state index >= 15 is 0 Å². The Balaban J connectivity index is 1.44. The van der Waals surface area contributed by atoms with Crippen molar-refractivity contribution in [3.8, 4) is 11.1 Å². The number of anilines is 1. The third-order valence-corrected chi connectivity index (χ3v) is 6.07. The number of rotatable bonds is 4. The average molecular weight is 399 g/mol. The summed E-state index contributed by atoms with van der Waals surface area (Å²) in [6.45, 7) is 6.56. The van der Waals surface area contributed by atoms with E-state index in [4.69, 9.17) is 4.98 Å². The zero-order valence-electron chi connectivity index (χ0n) is 17.4. The fraction of sp³-hybridized carbons (Fsp3) is 0.292. The number of piperazine rings is 1. The highest BCUT2D eigenvalue weighted by atomic mass is 15.2. The number of aromatic nitrogens is 4. The van der Waals surface area contributed by atoms with E-state index in [1.165, 1.54) is 11.3 Å². The fourth-order valence-corrected chi connectivity index (χ4v) is 4.05. The number of benzene rings is 2. The summed E-state index contributed by atoms with van der Waals surface area (Å²) in [6, 6.07) is 15.0. The van der Waals surface area contributed by atoms with Gasteiger partial charge in [-0.1, -0.05) is 25.1 Å². The normalized spacial score (nSPS) is 16.1. The van der Waals surface area contributed by atoms with Crippen LogP contribution < -0.4 is 4.90 Å². The topological polar surface area (TPSA) is 60.9 Å². The zero-order chi connectivity index (χ0) is 20.5. The van der Waals surface area contributed by atoms with Crippen molar-refractivity contribution in [1.82, 2.24) is 25.1 Å². The summed E-state index contributed by atoms with van der Waals surface area (Å²) in [7, 11) is 2.19. The van der Waals surface area contributed by atoms with E-state index in [9.17, 15) is 0 Å². The number of aromatic amines is 1. The van der Waals surface area contributed by atoms with Gasteiger partial charge in [-0.15, -0.1) is 0 Å². The number of nitrogens with zero attached hydrogens (tertiary/aromatic N) is 5. The molecule has 6 nitrogen and oxygen atoms in total. The van der Waals surface area contributed by atoms with Gasteiger partial charge in [0.1, 0.15) is 0 Å². The van der Waals surface area contributed by atoms with Crippen LogP contribution in [0.3, 0.4) is 0 Å². The van der Waals surface area contributed by atoms with E-state index < -0.39 is 0 Å². The van der Waals surface area contributed by atoms with Crippen LogP contribution in [0.2, 0.25) is 0 Å². The van der Waals surface area contributed by atoms with Gasteiger partial charge in [0.25, 0.3) is 0 Å². The number of H-pyrrole nitrogens is 1. The SMILES string of the molecule is C[C@H](c1cccc(N2CCN(C)CC2)c1)c1cnc2ccc(-c3cn[nH]c3)cc2n1. The third kappa shape index (κ3) is 3.66. The Morgan fingerprint density at radius 3 is 2.60 bits per heavy atom. The van der Waals surface area contributed by atoms with E-state index in [1.54, 1.807) is 0 Å². The summed E-state index contributed by atoms with van der Waals surface area (Å²) in [4.78, 5) is 14.5. The summed E-state index contributed by atoms with van der Waals surface area (Å²) in [5.41, 5.74) is 7.51. The average Bonchev–Trinajstić information content (AvgIpc) is 3.33. The molecule has 152 valence electrons. The monoisotopic (exact) mass is 398 g/mol. The van der Waals surface area contributed by atoms with Crippen LogP contribution in [0.25, 0.3) is 22.2 Å². The molecule has 0 unspecified atom stereocenters. The van der Waals surface area contributed by atoms with E-state index in [1.807, 2.05) is 24.7 Å². The van der Waals surface area contributed by atoms with Gasteiger partial charge in [0.15, 0.2) is 0 Å². The van der Waals surface area contributed by atoms with Gasteiger partial charge in [0.2, 0.25) is 0 Å². The summed E-state index contributed by atoms with van der Waals surface area (Å²) in [5.74, 6) is 0.173. The molecule has 6 heteroatoms. The second-order valence-corrected chi connectivity index (χ2v) is 8.09. The first kappa shape index (κ1) is 18.8. The molecule has 3 heterocycles. The van der Waals surface area contributed by atoms with Crippen molar-refractivity contribution >= 4 is 16.7 Å². The minimum absolute atomic E-state index is 0.173. The van der Waals surface area contributed by atoms with Crippen LogP contribution in [0, 0.1) is 0 Å². The van der Waals surface area contributed by atoms with Gasteiger partial charge in [0, 0.05) is 55.7 Å². The molecule has 0 bridgehead atoms. The molecular weight excluding hydrogens is 372 g/mol. The van der Waals surface area contributed by atoms with Gasteiger partial charge >= 0.3 is 0 Å². The molecular formula is C24H26N6. The number of fused-ring (bicyclic) bond motifs is 1. The first-order chi connectivity index (χ1) is 14.7. The van der Waals surface area contributed by atoms with Crippen LogP contribution in [0.1, 0.15) is 24.1 Å². The van der Waals surface area contributed by atoms with Gasteiger partial charge in [0.05, 0.1) is 22.9 Å². The molecule has 1 saturated heterocycles.